The number of ether oxygens (including phenoxy) is 3. The van der Waals surface area contributed by atoms with Crippen molar-refractivity contribution < 1.29 is 28.4 Å². The molecule has 0 saturated carbocycles. The van der Waals surface area contributed by atoms with Crippen LogP contribution in [0.3, 0.4) is 0 Å². The highest BCUT2D eigenvalue weighted by Crippen LogP contribution is 2.40. The number of likely N-dealkylation sites (tertiary alicyclic amines) is 1. The van der Waals surface area contributed by atoms with Crippen LogP contribution in [0, 0.1) is 0 Å². The summed E-state index contributed by atoms with van der Waals surface area (Å²) in [5.74, 6) is -0.388. The number of hydrogen-bond donors (Lipinski definition) is 0. The third-order valence-electron chi connectivity index (χ3n) is 4.12. The van der Waals surface area contributed by atoms with Crippen LogP contribution in [-0.4, -0.2) is 77.3 Å². The Balaban J connectivity index is 2.03. The van der Waals surface area contributed by atoms with Crippen LogP contribution in [0.2, 0.25) is 0 Å². The fraction of sp³-hybridized carbons (Fsp3) is 0.833. The molecule has 0 aromatic rings. The van der Waals surface area contributed by atoms with Gasteiger partial charge in [0.1, 0.15) is 30.6 Å². The maximum Gasteiger partial charge on any atom is 0.410 e. The van der Waals surface area contributed by atoms with E-state index in [0.29, 0.717) is 19.5 Å². The van der Waals surface area contributed by atoms with E-state index in [1.807, 2.05) is 48.6 Å². The third kappa shape index (κ3) is 4.71. The number of hydrogen-bond acceptors (Lipinski definition) is 5. The molecule has 0 bridgehead atoms. The van der Waals surface area contributed by atoms with Crippen molar-refractivity contribution in [3.05, 3.63) is 0 Å². The van der Waals surface area contributed by atoms with E-state index in [2.05, 4.69) is 6.72 Å². The molecule has 142 valence electrons. The lowest BCUT2D eigenvalue weighted by Crippen LogP contribution is -2.64. The fourth-order valence-electron chi connectivity index (χ4n) is 3.14. The summed E-state index contributed by atoms with van der Waals surface area (Å²) in [5, 5.41) is 0. The molecule has 2 aliphatic heterocycles. The molecular formula is C18H31N2O5+. The first-order chi connectivity index (χ1) is 11.2. The van der Waals surface area contributed by atoms with E-state index in [9.17, 15) is 9.59 Å². The summed E-state index contributed by atoms with van der Waals surface area (Å²) in [5.41, 5.74) is -1.65. The third-order valence-corrected chi connectivity index (χ3v) is 4.12. The zero-order chi connectivity index (χ0) is 19.2. The molecule has 0 aliphatic carbocycles. The monoisotopic (exact) mass is 355 g/mol. The van der Waals surface area contributed by atoms with Gasteiger partial charge in [0.2, 0.25) is 6.10 Å². The number of esters is 1. The summed E-state index contributed by atoms with van der Waals surface area (Å²) in [6.07, 6.45) is -0.444. The standard InChI is InChI=1S/C18H31N2O5/c1-16(2,3)24-14(21)13-12(19(7)8)9-18(23-13)10-20(11-18)15(22)25-17(4,5)6/h12-13H,7,9-11H2,1-6,8H3/q+1/t12-,13?/m0/s1. The Morgan fingerprint density at radius 3 is 2.08 bits per heavy atom. The summed E-state index contributed by atoms with van der Waals surface area (Å²) in [7, 11) is 1.81. The van der Waals surface area contributed by atoms with E-state index >= 15 is 0 Å². The highest BCUT2D eigenvalue weighted by atomic mass is 16.6. The molecule has 2 atom stereocenters. The minimum Gasteiger partial charge on any atom is -0.458 e. The van der Waals surface area contributed by atoms with Crippen LogP contribution in [0.15, 0.2) is 0 Å². The van der Waals surface area contributed by atoms with Gasteiger partial charge in [-0.15, -0.1) is 0 Å². The number of likely N-dealkylation sites (N-methyl/N-ethyl adjacent to an activating group) is 1. The number of nitrogens with zero attached hydrogens (tertiary/aromatic N) is 2. The summed E-state index contributed by atoms with van der Waals surface area (Å²) in [4.78, 5) is 26.2. The van der Waals surface area contributed by atoms with E-state index in [-0.39, 0.29) is 18.1 Å². The van der Waals surface area contributed by atoms with Crippen molar-refractivity contribution in [3.8, 4) is 0 Å². The van der Waals surface area contributed by atoms with Crippen LogP contribution in [0.25, 0.3) is 0 Å². The predicted molar refractivity (Wildman–Crippen MR) is 93.0 cm³/mol. The zero-order valence-electron chi connectivity index (χ0n) is 16.4. The molecule has 1 amide bonds. The fourth-order valence-corrected chi connectivity index (χ4v) is 3.14. The highest BCUT2D eigenvalue weighted by Gasteiger charge is 2.60. The van der Waals surface area contributed by atoms with Crippen molar-refractivity contribution in [1.82, 2.24) is 4.90 Å². The molecule has 2 rings (SSSR count). The van der Waals surface area contributed by atoms with Crippen molar-refractivity contribution in [1.29, 1.82) is 0 Å². The molecule has 2 saturated heterocycles. The molecule has 25 heavy (non-hydrogen) atoms. The van der Waals surface area contributed by atoms with E-state index in [0.717, 1.165) is 0 Å². The maximum atomic E-state index is 12.5. The maximum absolute atomic E-state index is 12.5. The van der Waals surface area contributed by atoms with Gasteiger partial charge in [0.25, 0.3) is 0 Å². The van der Waals surface area contributed by atoms with Crippen LogP contribution in [0.5, 0.6) is 0 Å². The van der Waals surface area contributed by atoms with Crippen molar-refractivity contribution >= 4 is 18.8 Å². The SMILES string of the molecule is C=[N+](C)[C@H]1CC2(CN(C(=O)OC(C)(C)C)C2)OC1C(=O)OC(C)(C)C. The molecule has 0 N–H and O–H groups in total. The Bertz CT molecular complexity index is 567. The normalized spacial score (nSPS) is 25.5. The Morgan fingerprint density at radius 2 is 1.64 bits per heavy atom. The Kier molecular flexibility index (Phi) is 4.94. The van der Waals surface area contributed by atoms with Crippen LogP contribution in [-0.2, 0) is 19.0 Å². The van der Waals surface area contributed by atoms with Gasteiger partial charge in [-0.1, -0.05) is 0 Å². The van der Waals surface area contributed by atoms with Gasteiger partial charge in [-0.3, -0.25) is 0 Å². The lowest BCUT2D eigenvalue weighted by molar-refractivity contribution is -0.532. The molecule has 0 radical (unpaired) electrons. The van der Waals surface area contributed by atoms with Gasteiger partial charge in [-0.25, -0.2) is 14.2 Å². The smallest absolute Gasteiger partial charge is 0.410 e. The zero-order valence-corrected chi connectivity index (χ0v) is 16.4. The van der Waals surface area contributed by atoms with Crippen LogP contribution >= 0.6 is 0 Å². The topological polar surface area (TPSA) is 68.1 Å². The quantitative estimate of drug-likeness (QED) is 0.429. The van der Waals surface area contributed by atoms with Gasteiger partial charge in [-0.2, -0.15) is 0 Å². The second-order valence-electron chi connectivity index (χ2n) is 9.12. The summed E-state index contributed by atoms with van der Waals surface area (Å²) in [6.45, 7) is 15.7. The van der Waals surface area contributed by atoms with Crippen molar-refractivity contribution in [2.24, 2.45) is 0 Å². The largest absolute Gasteiger partial charge is 0.458 e. The van der Waals surface area contributed by atoms with Crippen molar-refractivity contribution in [3.63, 3.8) is 0 Å². The van der Waals surface area contributed by atoms with Crippen molar-refractivity contribution in [2.75, 3.05) is 20.1 Å². The molecule has 2 heterocycles. The average Bonchev–Trinajstić information content (AvgIpc) is 2.73. The first-order valence-corrected chi connectivity index (χ1v) is 8.63. The lowest BCUT2D eigenvalue weighted by atomic mass is 9.89. The van der Waals surface area contributed by atoms with E-state index in [1.54, 1.807) is 9.48 Å². The van der Waals surface area contributed by atoms with Gasteiger partial charge in [0.15, 0.2) is 6.04 Å². The van der Waals surface area contributed by atoms with Crippen LogP contribution < -0.4 is 0 Å². The minimum absolute atomic E-state index is 0.185. The van der Waals surface area contributed by atoms with Gasteiger partial charge >= 0.3 is 12.1 Å². The Labute approximate surface area is 149 Å². The molecule has 1 unspecified atom stereocenters. The molecule has 7 heteroatoms. The van der Waals surface area contributed by atoms with Gasteiger partial charge < -0.3 is 19.1 Å². The van der Waals surface area contributed by atoms with Crippen molar-refractivity contribution in [2.45, 2.75) is 76.9 Å². The number of carbonyl (C=O) groups is 2. The summed E-state index contributed by atoms with van der Waals surface area (Å²) in [6, 6.07) is -0.185. The van der Waals surface area contributed by atoms with E-state index in [4.69, 9.17) is 14.2 Å². The van der Waals surface area contributed by atoms with Gasteiger partial charge in [-0.05, 0) is 41.5 Å². The first kappa shape index (κ1) is 19.7. The number of rotatable bonds is 2. The average molecular weight is 355 g/mol. The minimum atomic E-state index is -0.706. The molecule has 0 aromatic carbocycles. The van der Waals surface area contributed by atoms with Crippen LogP contribution in [0.4, 0.5) is 4.79 Å². The molecule has 1 spiro atoms. The van der Waals surface area contributed by atoms with Crippen LogP contribution in [0.1, 0.15) is 48.0 Å². The molecular weight excluding hydrogens is 324 g/mol. The predicted octanol–water partition coefficient (Wildman–Crippen LogP) is 1.82. The highest BCUT2D eigenvalue weighted by molar-refractivity contribution is 5.77. The second-order valence-corrected chi connectivity index (χ2v) is 9.12. The van der Waals surface area contributed by atoms with Gasteiger partial charge in [0, 0.05) is 6.42 Å². The Morgan fingerprint density at radius 1 is 1.12 bits per heavy atom. The number of carbonyl (C=O) groups excluding carboxylic acids is 2. The molecule has 2 fully saturated rings. The molecule has 2 aliphatic rings. The second kappa shape index (κ2) is 6.27. The van der Waals surface area contributed by atoms with Gasteiger partial charge in [0.05, 0.1) is 13.1 Å². The first-order valence-electron chi connectivity index (χ1n) is 8.63. The molecule has 0 aromatic heterocycles. The number of amides is 1. The summed E-state index contributed by atoms with van der Waals surface area (Å²) < 4.78 is 18.7. The van der Waals surface area contributed by atoms with E-state index < -0.39 is 22.9 Å². The Hall–Kier alpha value is -1.63. The summed E-state index contributed by atoms with van der Waals surface area (Å²) >= 11 is 0. The lowest BCUT2D eigenvalue weighted by Gasteiger charge is -2.46. The molecule has 7 nitrogen and oxygen atoms in total. The van der Waals surface area contributed by atoms with E-state index in [1.165, 1.54) is 0 Å².